The molecule has 0 N–H and O–H groups in total. The maximum absolute atomic E-state index is 12.9. The van der Waals surface area contributed by atoms with Gasteiger partial charge < -0.3 is 4.90 Å². The van der Waals surface area contributed by atoms with Crippen LogP contribution < -0.4 is 0 Å². The molecule has 30 heavy (non-hydrogen) atoms. The molecule has 3 rings (SSSR count). The van der Waals surface area contributed by atoms with Crippen LogP contribution in [-0.4, -0.2) is 64.4 Å². The van der Waals surface area contributed by atoms with Crippen LogP contribution in [0.25, 0.3) is 0 Å². The summed E-state index contributed by atoms with van der Waals surface area (Å²) in [7, 11) is -3.86. The van der Waals surface area contributed by atoms with Gasteiger partial charge in [0.1, 0.15) is 22.8 Å². The number of halogens is 2. The van der Waals surface area contributed by atoms with Crippen molar-refractivity contribution in [2.75, 3.05) is 26.2 Å². The maximum Gasteiger partial charge on any atom is 0.312 e. The summed E-state index contributed by atoms with van der Waals surface area (Å²) in [4.78, 5) is 24.6. The van der Waals surface area contributed by atoms with Crippen LogP contribution in [0, 0.1) is 24.0 Å². The topological polar surface area (TPSA) is 119 Å². The molecule has 1 fully saturated rings. The summed E-state index contributed by atoms with van der Waals surface area (Å²) in [5.74, 6) is -0.298. The van der Waals surface area contributed by atoms with Crippen molar-refractivity contribution in [1.82, 2.24) is 19.0 Å². The third-order valence-corrected chi connectivity index (χ3v) is 7.53. The van der Waals surface area contributed by atoms with Crippen molar-refractivity contribution < 1.29 is 18.1 Å². The van der Waals surface area contributed by atoms with Crippen molar-refractivity contribution in [2.45, 2.75) is 25.3 Å². The quantitative estimate of drug-likeness (QED) is 0.483. The normalized spacial score (nSPS) is 15.4. The Morgan fingerprint density at radius 2 is 1.83 bits per heavy atom. The third kappa shape index (κ3) is 4.29. The first kappa shape index (κ1) is 22.5. The zero-order valence-corrected chi connectivity index (χ0v) is 18.5. The number of hydrogen-bond donors (Lipinski definition) is 0. The fraction of sp³-hybridized carbons (Fsp3) is 0.412. The summed E-state index contributed by atoms with van der Waals surface area (Å²) in [5.41, 5.74) is 0.416. The Kier molecular flexibility index (Phi) is 6.37. The second-order valence-corrected chi connectivity index (χ2v) is 9.54. The van der Waals surface area contributed by atoms with E-state index in [0.29, 0.717) is 5.69 Å². The zero-order chi connectivity index (χ0) is 22.2. The molecule has 0 saturated carbocycles. The predicted octanol–water partition coefficient (Wildman–Crippen LogP) is 2.25. The minimum Gasteiger partial charge on any atom is -0.338 e. The van der Waals surface area contributed by atoms with Gasteiger partial charge in [-0.15, -0.1) is 0 Å². The Balaban J connectivity index is 1.68. The zero-order valence-electron chi connectivity index (χ0n) is 16.2. The first-order valence-electron chi connectivity index (χ1n) is 8.93. The number of nitro groups is 1. The van der Waals surface area contributed by atoms with Crippen molar-refractivity contribution >= 4 is 44.8 Å². The van der Waals surface area contributed by atoms with Crippen molar-refractivity contribution in [2.24, 2.45) is 0 Å². The lowest BCUT2D eigenvalue weighted by Crippen LogP contribution is -2.51. The van der Waals surface area contributed by atoms with E-state index in [1.165, 1.54) is 45.9 Å². The van der Waals surface area contributed by atoms with E-state index < -0.39 is 14.9 Å². The molecule has 1 aromatic heterocycles. The Labute approximate surface area is 183 Å². The molecular formula is C17H19Cl2N5O5S. The fourth-order valence-corrected chi connectivity index (χ4v) is 5.48. The first-order chi connectivity index (χ1) is 14.0. The van der Waals surface area contributed by atoms with Gasteiger partial charge in [0.05, 0.1) is 9.95 Å². The molecule has 0 unspecified atom stereocenters. The van der Waals surface area contributed by atoms with E-state index in [2.05, 4.69) is 5.10 Å². The molecule has 1 saturated heterocycles. The minimum absolute atomic E-state index is 0.0732. The summed E-state index contributed by atoms with van der Waals surface area (Å²) >= 11 is 11.9. The Bertz CT molecular complexity index is 1110. The van der Waals surface area contributed by atoms with E-state index in [1.807, 2.05) is 0 Å². The average Bonchev–Trinajstić information content (AvgIpc) is 2.96. The van der Waals surface area contributed by atoms with Crippen LogP contribution in [-0.2, 0) is 21.4 Å². The number of carbonyl (C=O) groups is 1. The van der Waals surface area contributed by atoms with Crippen LogP contribution in [0.5, 0.6) is 0 Å². The van der Waals surface area contributed by atoms with E-state index >= 15 is 0 Å². The van der Waals surface area contributed by atoms with Gasteiger partial charge in [-0.25, -0.2) is 8.42 Å². The Hall–Kier alpha value is -2.21. The van der Waals surface area contributed by atoms with Crippen LogP contribution in [0.4, 0.5) is 5.69 Å². The fourth-order valence-electron chi connectivity index (χ4n) is 3.33. The number of piperazine rings is 1. The van der Waals surface area contributed by atoms with Crippen molar-refractivity contribution in [3.05, 3.63) is 49.7 Å². The monoisotopic (exact) mass is 475 g/mol. The van der Waals surface area contributed by atoms with Gasteiger partial charge in [-0.05, 0) is 32.0 Å². The van der Waals surface area contributed by atoms with Gasteiger partial charge in [0.2, 0.25) is 15.9 Å². The maximum atomic E-state index is 12.9. The standard InChI is InChI=1S/C17H19Cl2N5O5S/c1-11-17(24(26)27)12(2)23(20-11)10-16(25)21-5-7-22(8-6-21)30(28,29)15-9-13(18)3-4-14(15)19/h3-4,9H,5-8,10H2,1-2H3. The van der Waals surface area contributed by atoms with Gasteiger partial charge in [-0.2, -0.15) is 9.40 Å². The summed E-state index contributed by atoms with van der Waals surface area (Å²) in [5, 5.41) is 15.5. The number of sulfonamides is 1. The Morgan fingerprint density at radius 3 is 2.40 bits per heavy atom. The summed E-state index contributed by atoms with van der Waals surface area (Å²) < 4.78 is 28.3. The number of carbonyl (C=O) groups excluding carboxylic acids is 1. The number of aromatic nitrogens is 2. The number of nitrogens with zero attached hydrogens (tertiary/aromatic N) is 5. The smallest absolute Gasteiger partial charge is 0.312 e. The van der Waals surface area contributed by atoms with Gasteiger partial charge in [0, 0.05) is 31.2 Å². The number of amides is 1. The predicted molar refractivity (Wildman–Crippen MR) is 110 cm³/mol. The van der Waals surface area contributed by atoms with Gasteiger partial charge in [0.15, 0.2) is 0 Å². The highest BCUT2D eigenvalue weighted by atomic mass is 35.5. The van der Waals surface area contributed by atoms with Crippen LogP contribution in [0.2, 0.25) is 10.0 Å². The SMILES string of the molecule is Cc1nn(CC(=O)N2CCN(S(=O)(=O)c3cc(Cl)ccc3Cl)CC2)c(C)c1[N+](=O)[O-]. The highest BCUT2D eigenvalue weighted by Gasteiger charge is 2.32. The van der Waals surface area contributed by atoms with E-state index in [9.17, 15) is 23.3 Å². The molecule has 1 aromatic carbocycles. The molecule has 0 radical (unpaired) electrons. The van der Waals surface area contributed by atoms with Gasteiger partial charge in [-0.3, -0.25) is 19.6 Å². The Morgan fingerprint density at radius 1 is 1.20 bits per heavy atom. The molecule has 13 heteroatoms. The van der Waals surface area contributed by atoms with Gasteiger partial charge in [0.25, 0.3) is 0 Å². The molecule has 0 spiro atoms. The second-order valence-electron chi connectivity index (χ2n) is 6.79. The number of rotatable bonds is 5. The summed E-state index contributed by atoms with van der Waals surface area (Å²) in [6, 6.07) is 4.22. The van der Waals surface area contributed by atoms with Crippen LogP contribution in [0.1, 0.15) is 11.4 Å². The minimum atomic E-state index is -3.86. The number of benzene rings is 1. The third-order valence-electron chi connectivity index (χ3n) is 4.91. The van der Waals surface area contributed by atoms with E-state index in [4.69, 9.17) is 23.2 Å². The molecule has 162 valence electrons. The van der Waals surface area contributed by atoms with Crippen LogP contribution in [0.15, 0.2) is 23.1 Å². The largest absolute Gasteiger partial charge is 0.338 e. The highest BCUT2D eigenvalue weighted by Crippen LogP contribution is 2.28. The molecule has 1 aliphatic rings. The lowest BCUT2D eigenvalue weighted by Gasteiger charge is -2.34. The lowest BCUT2D eigenvalue weighted by atomic mass is 10.3. The lowest BCUT2D eigenvalue weighted by molar-refractivity contribution is -0.386. The molecular weight excluding hydrogens is 457 g/mol. The molecule has 2 heterocycles. The average molecular weight is 476 g/mol. The molecule has 0 bridgehead atoms. The number of aryl methyl sites for hydroxylation is 1. The molecule has 0 aliphatic carbocycles. The number of hydrogen-bond acceptors (Lipinski definition) is 6. The highest BCUT2D eigenvalue weighted by molar-refractivity contribution is 7.89. The van der Waals surface area contributed by atoms with Crippen LogP contribution >= 0.6 is 23.2 Å². The van der Waals surface area contributed by atoms with Crippen molar-refractivity contribution in [1.29, 1.82) is 0 Å². The molecule has 0 atom stereocenters. The van der Waals surface area contributed by atoms with E-state index in [0.717, 1.165) is 0 Å². The molecule has 2 aromatic rings. The van der Waals surface area contributed by atoms with Crippen molar-refractivity contribution in [3.63, 3.8) is 0 Å². The first-order valence-corrected chi connectivity index (χ1v) is 11.1. The van der Waals surface area contributed by atoms with E-state index in [-0.39, 0.29) is 65.0 Å². The molecule has 1 aliphatic heterocycles. The molecule has 1 amide bonds. The van der Waals surface area contributed by atoms with Crippen LogP contribution in [0.3, 0.4) is 0 Å². The van der Waals surface area contributed by atoms with E-state index in [1.54, 1.807) is 0 Å². The summed E-state index contributed by atoms with van der Waals surface area (Å²) in [6.07, 6.45) is 0. The summed E-state index contributed by atoms with van der Waals surface area (Å²) in [6.45, 7) is 3.42. The second kappa shape index (κ2) is 8.50. The van der Waals surface area contributed by atoms with Gasteiger partial charge in [-0.1, -0.05) is 23.2 Å². The van der Waals surface area contributed by atoms with Crippen molar-refractivity contribution in [3.8, 4) is 0 Å². The molecule has 10 nitrogen and oxygen atoms in total. The van der Waals surface area contributed by atoms with Gasteiger partial charge >= 0.3 is 5.69 Å².